The highest BCUT2D eigenvalue weighted by Crippen LogP contribution is 2.15. The summed E-state index contributed by atoms with van der Waals surface area (Å²) in [6.07, 6.45) is 7.55. The first-order chi connectivity index (χ1) is 5.00. The van der Waals surface area contributed by atoms with Crippen molar-refractivity contribution < 1.29 is 8.42 Å². The molecule has 62 valence electrons. The molecule has 1 unspecified atom stereocenters. The zero-order chi connectivity index (χ0) is 8.48. The van der Waals surface area contributed by atoms with Gasteiger partial charge in [0.1, 0.15) is 0 Å². The second-order valence-corrected chi connectivity index (χ2v) is 5.18. The van der Waals surface area contributed by atoms with Gasteiger partial charge in [-0.15, -0.1) is 0 Å². The molecule has 11 heavy (non-hydrogen) atoms. The number of allylic oxidation sites excluding steroid dienone is 3. The maximum absolute atomic E-state index is 11.1. The molecule has 0 radical (unpaired) electrons. The second-order valence-electron chi connectivity index (χ2n) is 2.92. The zero-order valence-electron chi connectivity index (χ0n) is 6.74. The van der Waals surface area contributed by atoms with E-state index in [9.17, 15) is 8.42 Å². The second kappa shape index (κ2) is 2.81. The molecule has 0 saturated heterocycles. The fourth-order valence-electron chi connectivity index (χ4n) is 1.10. The van der Waals surface area contributed by atoms with Gasteiger partial charge in [0.25, 0.3) is 0 Å². The van der Waals surface area contributed by atoms with Gasteiger partial charge >= 0.3 is 0 Å². The third-order valence-electron chi connectivity index (χ3n) is 1.75. The van der Waals surface area contributed by atoms with Gasteiger partial charge < -0.3 is 0 Å². The molecule has 0 aliphatic heterocycles. The molecule has 0 fully saturated rings. The Morgan fingerprint density at radius 2 is 2.18 bits per heavy atom. The van der Waals surface area contributed by atoms with Gasteiger partial charge in [0.15, 0.2) is 9.84 Å². The van der Waals surface area contributed by atoms with E-state index in [-0.39, 0.29) is 5.25 Å². The topological polar surface area (TPSA) is 34.1 Å². The molecule has 1 atom stereocenters. The van der Waals surface area contributed by atoms with E-state index in [0.29, 0.717) is 6.42 Å². The molecule has 0 bridgehead atoms. The zero-order valence-corrected chi connectivity index (χ0v) is 7.56. The molecule has 0 aromatic carbocycles. The molecule has 1 aliphatic rings. The van der Waals surface area contributed by atoms with Crippen LogP contribution in [0.5, 0.6) is 0 Å². The van der Waals surface area contributed by atoms with Crippen molar-refractivity contribution in [2.24, 2.45) is 0 Å². The first kappa shape index (κ1) is 8.53. The average molecular weight is 172 g/mol. The van der Waals surface area contributed by atoms with Crippen LogP contribution in [0.1, 0.15) is 13.3 Å². The predicted octanol–water partition coefficient (Wildman–Crippen LogP) is 1.31. The Kier molecular flexibility index (Phi) is 2.18. The highest BCUT2D eigenvalue weighted by molar-refractivity contribution is 7.91. The molecular formula is C8H12O2S. The standard InChI is InChI=1S/C8H12O2S/c1-7-4-3-5-8(6-7)11(2,9)10/h3-4,6,8H,5H2,1-2H3. The van der Waals surface area contributed by atoms with Gasteiger partial charge in [0.2, 0.25) is 0 Å². The highest BCUT2D eigenvalue weighted by Gasteiger charge is 2.17. The van der Waals surface area contributed by atoms with E-state index in [1.165, 1.54) is 6.26 Å². The molecule has 3 heteroatoms. The van der Waals surface area contributed by atoms with Crippen molar-refractivity contribution in [3.63, 3.8) is 0 Å². The van der Waals surface area contributed by atoms with E-state index in [4.69, 9.17) is 0 Å². The van der Waals surface area contributed by atoms with Crippen LogP contribution in [0, 0.1) is 0 Å². The summed E-state index contributed by atoms with van der Waals surface area (Å²) in [7, 11) is -2.89. The summed E-state index contributed by atoms with van der Waals surface area (Å²) in [5.74, 6) is 0. The SMILES string of the molecule is CC1=CC(S(C)(=O)=O)CC=C1. The van der Waals surface area contributed by atoms with Crippen LogP contribution in [0.25, 0.3) is 0 Å². The third-order valence-corrected chi connectivity index (χ3v) is 3.18. The van der Waals surface area contributed by atoms with Crippen molar-refractivity contribution in [1.29, 1.82) is 0 Å². The van der Waals surface area contributed by atoms with Gasteiger partial charge in [-0.25, -0.2) is 8.42 Å². The minimum atomic E-state index is -2.89. The summed E-state index contributed by atoms with van der Waals surface area (Å²) in [6.45, 7) is 1.91. The lowest BCUT2D eigenvalue weighted by Gasteiger charge is -2.12. The smallest absolute Gasteiger partial charge is 0.154 e. The Morgan fingerprint density at radius 3 is 2.55 bits per heavy atom. The van der Waals surface area contributed by atoms with Crippen LogP contribution in [-0.4, -0.2) is 19.9 Å². The molecule has 2 nitrogen and oxygen atoms in total. The first-order valence-corrected chi connectivity index (χ1v) is 5.49. The third kappa shape index (κ3) is 2.19. The van der Waals surface area contributed by atoms with Crippen molar-refractivity contribution in [3.8, 4) is 0 Å². The lowest BCUT2D eigenvalue weighted by atomic mass is 10.1. The van der Waals surface area contributed by atoms with Gasteiger partial charge in [-0.05, 0) is 13.3 Å². The van der Waals surface area contributed by atoms with Gasteiger partial charge in [-0.3, -0.25) is 0 Å². The number of rotatable bonds is 1. The van der Waals surface area contributed by atoms with Crippen LogP contribution in [0.4, 0.5) is 0 Å². The summed E-state index contributed by atoms with van der Waals surface area (Å²) >= 11 is 0. The Labute approximate surface area is 67.5 Å². The maximum atomic E-state index is 11.1. The van der Waals surface area contributed by atoms with E-state index in [1.54, 1.807) is 6.08 Å². The van der Waals surface area contributed by atoms with Crippen molar-refractivity contribution in [3.05, 3.63) is 23.8 Å². The average Bonchev–Trinajstić information content (AvgIpc) is 1.86. The van der Waals surface area contributed by atoms with Crippen molar-refractivity contribution in [2.75, 3.05) is 6.26 Å². The monoisotopic (exact) mass is 172 g/mol. The predicted molar refractivity (Wildman–Crippen MR) is 46.1 cm³/mol. The van der Waals surface area contributed by atoms with Crippen LogP contribution in [-0.2, 0) is 9.84 Å². The van der Waals surface area contributed by atoms with Crippen LogP contribution in [0.3, 0.4) is 0 Å². The van der Waals surface area contributed by atoms with Crippen LogP contribution < -0.4 is 0 Å². The van der Waals surface area contributed by atoms with E-state index in [2.05, 4.69) is 0 Å². The fourth-order valence-corrected chi connectivity index (χ4v) is 2.03. The Morgan fingerprint density at radius 1 is 1.55 bits per heavy atom. The quantitative estimate of drug-likeness (QED) is 0.597. The molecule has 0 N–H and O–H groups in total. The van der Waals surface area contributed by atoms with Gasteiger partial charge in [0, 0.05) is 6.26 Å². The van der Waals surface area contributed by atoms with Crippen LogP contribution in [0.15, 0.2) is 23.8 Å². The van der Waals surface area contributed by atoms with Crippen LogP contribution in [0.2, 0.25) is 0 Å². The molecule has 0 spiro atoms. The molecule has 0 saturated carbocycles. The summed E-state index contributed by atoms with van der Waals surface area (Å²) in [5.41, 5.74) is 1.03. The van der Waals surface area contributed by atoms with Crippen molar-refractivity contribution >= 4 is 9.84 Å². The van der Waals surface area contributed by atoms with E-state index < -0.39 is 9.84 Å². The number of sulfone groups is 1. The lowest BCUT2D eigenvalue weighted by molar-refractivity contribution is 0.594. The molecular weight excluding hydrogens is 160 g/mol. The summed E-state index contributed by atoms with van der Waals surface area (Å²) in [6, 6.07) is 0. The normalized spacial score (nSPS) is 24.9. The van der Waals surface area contributed by atoms with Gasteiger partial charge in [-0.1, -0.05) is 23.8 Å². The summed E-state index contributed by atoms with van der Waals surface area (Å²) in [5, 5.41) is -0.299. The van der Waals surface area contributed by atoms with Crippen LogP contribution >= 0.6 is 0 Å². The lowest BCUT2D eigenvalue weighted by Crippen LogP contribution is -2.18. The Hall–Kier alpha value is -0.570. The number of hydrogen-bond donors (Lipinski definition) is 0. The molecule has 1 rings (SSSR count). The summed E-state index contributed by atoms with van der Waals surface area (Å²) in [4.78, 5) is 0. The maximum Gasteiger partial charge on any atom is 0.154 e. The van der Waals surface area contributed by atoms with Crippen molar-refractivity contribution in [2.45, 2.75) is 18.6 Å². The minimum absolute atomic E-state index is 0.299. The molecule has 0 aromatic heterocycles. The van der Waals surface area contributed by atoms with Gasteiger partial charge in [-0.2, -0.15) is 0 Å². The summed E-state index contributed by atoms with van der Waals surface area (Å²) < 4.78 is 22.1. The fraction of sp³-hybridized carbons (Fsp3) is 0.500. The molecule has 0 heterocycles. The largest absolute Gasteiger partial charge is 0.229 e. The van der Waals surface area contributed by atoms with E-state index in [0.717, 1.165) is 5.57 Å². The molecule has 0 amide bonds. The van der Waals surface area contributed by atoms with Gasteiger partial charge in [0.05, 0.1) is 5.25 Å². The number of hydrogen-bond acceptors (Lipinski definition) is 2. The van der Waals surface area contributed by atoms with Crippen molar-refractivity contribution in [1.82, 2.24) is 0 Å². The van der Waals surface area contributed by atoms with E-state index in [1.807, 2.05) is 19.1 Å². The van der Waals surface area contributed by atoms with E-state index >= 15 is 0 Å². The first-order valence-electron chi connectivity index (χ1n) is 3.54. The molecule has 0 aromatic rings. The Balaban J connectivity index is 2.89. The molecule has 1 aliphatic carbocycles. The highest BCUT2D eigenvalue weighted by atomic mass is 32.2. The minimum Gasteiger partial charge on any atom is -0.229 e. The Bertz CT molecular complexity index is 296.